The number of allylic oxidation sites excluding steroid dienone is 5. The van der Waals surface area contributed by atoms with E-state index in [0.717, 1.165) is 28.1 Å². The van der Waals surface area contributed by atoms with Crippen molar-refractivity contribution in [2.45, 2.75) is 22.6 Å². The van der Waals surface area contributed by atoms with Crippen LogP contribution in [-0.2, 0) is 0 Å². The van der Waals surface area contributed by atoms with Crippen LogP contribution in [0.25, 0.3) is 60.5 Å². The van der Waals surface area contributed by atoms with Gasteiger partial charge in [-0.1, -0.05) is 123 Å². The molecule has 0 bridgehead atoms. The summed E-state index contributed by atoms with van der Waals surface area (Å²) >= 11 is 9.77. The summed E-state index contributed by atoms with van der Waals surface area (Å²) in [4.78, 5) is 11.8. The maximum atomic E-state index is 6.15. The van der Waals surface area contributed by atoms with Gasteiger partial charge in [0.15, 0.2) is 0 Å². The Morgan fingerprint density at radius 2 is 1.57 bits per heavy atom. The zero-order valence-corrected chi connectivity index (χ0v) is 29.6. The molecule has 3 heterocycles. The van der Waals surface area contributed by atoms with Crippen molar-refractivity contribution in [2.24, 2.45) is 15.9 Å². The molecule has 6 aromatic rings. The zero-order valence-electron chi connectivity index (χ0n) is 27.2. The van der Waals surface area contributed by atoms with E-state index in [1.54, 1.807) is 23.5 Å². The predicted octanol–water partition coefficient (Wildman–Crippen LogP) is 12.5. The fourth-order valence-corrected chi connectivity index (χ4v) is 10.1. The molecule has 8 rings (SSSR count). The third-order valence-electron chi connectivity index (χ3n) is 9.33. The molecule has 2 aliphatic rings. The zero-order chi connectivity index (χ0) is 34.1. The largest absolute Gasteiger partial charge is 0.308 e. The average Bonchev–Trinajstić information content (AvgIpc) is 3.82. The van der Waals surface area contributed by atoms with Crippen LogP contribution in [0.2, 0.25) is 0 Å². The number of benzene rings is 4. The van der Waals surface area contributed by atoms with E-state index >= 15 is 0 Å². The minimum atomic E-state index is -0.0326. The van der Waals surface area contributed by atoms with E-state index in [2.05, 4.69) is 129 Å². The third-order valence-corrected chi connectivity index (χ3v) is 12.0. The summed E-state index contributed by atoms with van der Waals surface area (Å²) in [5, 5.41) is 6.36. The van der Waals surface area contributed by atoms with Gasteiger partial charge >= 0.3 is 0 Å². The summed E-state index contributed by atoms with van der Waals surface area (Å²) in [7, 11) is 0. The van der Waals surface area contributed by atoms with Crippen LogP contribution in [0.15, 0.2) is 144 Å². The highest BCUT2D eigenvalue weighted by Gasteiger charge is 2.38. The number of hydrogen-bond acceptors (Lipinski definition) is 4. The minimum Gasteiger partial charge on any atom is -0.308 e. The molecule has 1 aliphatic carbocycles. The molecule has 0 N–H and O–H groups in total. The lowest BCUT2D eigenvalue weighted by Gasteiger charge is -2.28. The monoisotopic (exact) mass is 693 g/mol. The first-order valence-corrected chi connectivity index (χ1v) is 18.4. The van der Waals surface area contributed by atoms with Crippen LogP contribution in [0.1, 0.15) is 22.4 Å². The van der Waals surface area contributed by atoms with Crippen molar-refractivity contribution in [2.75, 3.05) is 6.00 Å². The van der Waals surface area contributed by atoms with E-state index in [1.807, 2.05) is 23.9 Å². The fourth-order valence-electron chi connectivity index (χ4n) is 7.26. The van der Waals surface area contributed by atoms with E-state index in [0.29, 0.717) is 0 Å². The fraction of sp³-hybridized carbons (Fsp3) is 0.116. The van der Waals surface area contributed by atoms with E-state index in [9.17, 15) is 0 Å². The van der Waals surface area contributed by atoms with Crippen molar-refractivity contribution in [3.05, 3.63) is 145 Å². The van der Waals surface area contributed by atoms with Crippen molar-refractivity contribution >= 4 is 108 Å². The Bertz CT molecular complexity index is 2400. The summed E-state index contributed by atoms with van der Waals surface area (Å²) in [6.45, 7) is 19.1. The molecule has 49 heavy (non-hydrogen) atoms. The molecule has 3 nitrogen and oxygen atoms in total. The molecule has 3 unspecified atom stereocenters. The SMILES string of the molecule is C=CC=C.C=Cc1sc2c(c1C=C)c1ccccc1c1c3ccccc3n(C3=CCC(C(N=C)C4Sc5ccccc5/C4=N/CCl)C=C3)c21. The number of aromatic nitrogens is 1. The number of aliphatic imine (C=N–C) groups is 2. The van der Waals surface area contributed by atoms with E-state index in [-0.39, 0.29) is 23.2 Å². The van der Waals surface area contributed by atoms with Crippen molar-refractivity contribution in [3.8, 4) is 0 Å². The molecule has 242 valence electrons. The van der Waals surface area contributed by atoms with Crippen LogP contribution in [0.4, 0.5) is 0 Å². The molecular formula is C43H36ClN3S2. The Morgan fingerprint density at radius 1 is 0.878 bits per heavy atom. The molecule has 0 saturated carbocycles. The lowest BCUT2D eigenvalue weighted by atomic mass is 9.87. The van der Waals surface area contributed by atoms with Crippen molar-refractivity contribution in [1.82, 2.24) is 4.57 Å². The number of thioether (sulfide) groups is 1. The van der Waals surface area contributed by atoms with E-state index < -0.39 is 0 Å². The third kappa shape index (κ3) is 5.47. The Balaban J connectivity index is 0.000000898. The first-order chi connectivity index (χ1) is 24.1. The molecule has 1 aliphatic heterocycles. The summed E-state index contributed by atoms with van der Waals surface area (Å²) in [6, 6.07) is 26.2. The highest BCUT2D eigenvalue weighted by molar-refractivity contribution is 8.01. The number of fused-ring (bicyclic) bond motifs is 9. The summed E-state index contributed by atoms with van der Waals surface area (Å²) in [5.41, 5.74) is 6.94. The van der Waals surface area contributed by atoms with Crippen LogP contribution in [0.5, 0.6) is 0 Å². The van der Waals surface area contributed by atoms with Crippen LogP contribution in [-0.4, -0.2) is 34.3 Å². The highest BCUT2D eigenvalue weighted by atomic mass is 35.5. The normalized spacial score (nSPS) is 18.2. The second kappa shape index (κ2) is 14.0. The molecule has 0 fully saturated rings. The lowest BCUT2D eigenvalue weighted by molar-refractivity contribution is 0.529. The Labute approximate surface area is 300 Å². The second-order valence-electron chi connectivity index (χ2n) is 11.8. The topological polar surface area (TPSA) is 29.6 Å². The molecule has 4 aromatic carbocycles. The van der Waals surface area contributed by atoms with Gasteiger partial charge in [-0.15, -0.1) is 34.7 Å². The van der Waals surface area contributed by atoms with Gasteiger partial charge < -0.3 is 4.57 Å². The molecule has 6 heteroatoms. The van der Waals surface area contributed by atoms with Gasteiger partial charge in [-0.2, -0.15) is 0 Å². The molecule has 2 aromatic heterocycles. The lowest BCUT2D eigenvalue weighted by Crippen LogP contribution is -2.33. The molecule has 0 amide bonds. The predicted molar refractivity (Wildman–Crippen MR) is 221 cm³/mol. The first kappa shape index (κ1) is 32.8. The van der Waals surface area contributed by atoms with Crippen molar-refractivity contribution in [1.29, 1.82) is 0 Å². The maximum absolute atomic E-state index is 6.15. The Hall–Kier alpha value is -4.68. The number of halogens is 1. The number of rotatable bonds is 8. The highest BCUT2D eigenvalue weighted by Crippen LogP contribution is 2.48. The van der Waals surface area contributed by atoms with Crippen LogP contribution in [0, 0.1) is 5.92 Å². The molecule has 0 saturated heterocycles. The van der Waals surface area contributed by atoms with Gasteiger partial charge in [0, 0.05) is 48.7 Å². The summed E-state index contributed by atoms with van der Waals surface area (Å²) < 4.78 is 3.72. The van der Waals surface area contributed by atoms with Gasteiger partial charge in [-0.25, -0.2) is 0 Å². The van der Waals surface area contributed by atoms with Crippen LogP contribution >= 0.6 is 34.7 Å². The van der Waals surface area contributed by atoms with E-state index in [1.165, 1.54) is 53.3 Å². The Morgan fingerprint density at radius 3 is 2.22 bits per heavy atom. The van der Waals surface area contributed by atoms with Gasteiger partial charge in [-0.3, -0.25) is 9.98 Å². The Kier molecular flexibility index (Phi) is 9.42. The summed E-state index contributed by atoms with van der Waals surface area (Å²) in [5.74, 6) is 0.189. The smallest absolute Gasteiger partial charge is 0.113 e. The number of thiophene rings is 1. The molecular weight excluding hydrogens is 658 g/mol. The first-order valence-electron chi connectivity index (χ1n) is 16.2. The van der Waals surface area contributed by atoms with Gasteiger partial charge in [0.05, 0.1) is 32.7 Å². The number of nitrogens with zero attached hydrogens (tertiary/aromatic N) is 3. The molecule has 3 atom stereocenters. The van der Waals surface area contributed by atoms with Crippen molar-refractivity contribution in [3.63, 3.8) is 0 Å². The average molecular weight is 694 g/mol. The molecule has 0 spiro atoms. The van der Waals surface area contributed by atoms with Crippen molar-refractivity contribution < 1.29 is 0 Å². The minimum absolute atomic E-state index is 0.0326. The van der Waals surface area contributed by atoms with Gasteiger partial charge in [-0.05, 0) is 42.1 Å². The van der Waals surface area contributed by atoms with Crippen LogP contribution < -0.4 is 0 Å². The maximum Gasteiger partial charge on any atom is 0.113 e. The van der Waals surface area contributed by atoms with Gasteiger partial charge in [0.25, 0.3) is 0 Å². The standard InChI is InChI=1S/C39H30ClN3S2.C4H6/c1-4-25-31(5-2)44-38-34(25)27-13-7-6-12-26(27)33-28-14-8-10-16-30(28)43(37(33)38)24-20-18-23(19-21-24)35(41-3)39-36(42-22-40)29-15-9-11-17-32(29)45-39;1-3-4-2/h4-18,20-21,23,35,39H,1-3,19,22H2;3-4H,1-2H2/b42-36-;. The number of para-hydroxylation sites is 1. The summed E-state index contributed by atoms with van der Waals surface area (Å²) in [6.07, 6.45) is 15.0. The quantitative estimate of drug-likeness (QED) is 0.0675. The number of hydrogen-bond donors (Lipinski definition) is 0. The molecule has 0 radical (unpaired) electrons. The van der Waals surface area contributed by atoms with Gasteiger partial charge in [0.1, 0.15) is 6.00 Å². The van der Waals surface area contributed by atoms with Gasteiger partial charge in [0.2, 0.25) is 0 Å². The number of alkyl halides is 1. The van der Waals surface area contributed by atoms with E-state index in [4.69, 9.17) is 21.6 Å². The van der Waals surface area contributed by atoms with Crippen LogP contribution in [0.3, 0.4) is 0 Å². The second-order valence-corrected chi connectivity index (χ2v) is 14.3.